The summed E-state index contributed by atoms with van der Waals surface area (Å²) in [6.07, 6.45) is 1.30. The van der Waals surface area contributed by atoms with Crippen LogP contribution in [0.1, 0.15) is 32.3 Å². The Morgan fingerprint density at radius 1 is 1.14 bits per heavy atom. The number of hydrogen-bond donors (Lipinski definition) is 4. The largest absolute Gasteiger partial charge is 0.480 e. The van der Waals surface area contributed by atoms with E-state index in [4.69, 9.17) is 42.9 Å². The van der Waals surface area contributed by atoms with Gasteiger partial charge in [-0.25, -0.2) is 19.1 Å². The second kappa shape index (κ2) is 19.1. The zero-order valence-corrected chi connectivity index (χ0v) is 31.8. The summed E-state index contributed by atoms with van der Waals surface area (Å²) in [5, 5.41) is 12.3. The molecule has 1 amide bonds. The number of nitrogens with one attached hydrogen (secondary N) is 1. The third-order valence-electron chi connectivity index (χ3n) is 6.93. The lowest BCUT2D eigenvalue weighted by atomic mass is 9.95. The summed E-state index contributed by atoms with van der Waals surface area (Å²) in [5.74, 6) is -2.06. The quantitative estimate of drug-likeness (QED) is 0.129. The molecule has 1 aromatic heterocycles. The number of hydrogen-bond acceptors (Lipinski definition) is 11. The Labute approximate surface area is 310 Å². The first-order chi connectivity index (χ1) is 23.9. The normalized spacial score (nSPS) is 15.3. The highest BCUT2D eigenvalue weighted by atomic mass is 35.5. The Morgan fingerprint density at radius 2 is 1.80 bits per heavy atom. The maximum absolute atomic E-state index is 14.3. The van der Waals surface area contributed by atoms with Gasteiger partial charge < -0.3 is 19.6 Å². The van der Waals surface area contributed by atoms with Crippen LogP contribution in [0.15, 0.2) is 51.1 Å². The number of nitrogens with zero attached hydrogens (tertiary/aromatic N) is 4. The van der Waals surface area contributed by atoms with E-state index in [9.17, 15) is 28.1 Å². The molecule has 3 heterocycles. The number of rotatable bonds is 10. The summed E-state index contributed by atoms with van der Waals surface area (Å²) in [4.78, 5) is 71.9. The first-order valence-electron chi connectivity index (χ1n) is 15.1. The molecule has 0 spiro atoms. The van der Waals surface area contributed by atoms with Gasteiger partial charge in [0.25, 0.3) is 5.91 Å². The second-order valence-corrected chi connectivity index (χ2v) is 15.9. The maximum atomic E-state index is 14.3. The highest BCUT2D eigenvalue weighted by Crippen LogP contribution is 2.34. The minimum absolute atomic E-state index is 0.00687. The van der Waals surface area contributed by atoms with Crippen LogP contribution in [0.25, 0.3) is 0 Å². The van der Waals surface area contributed by atoms with Gasteiger partial charge in [0, 0.05) is 23.0 Å². The Kier molecular flexibility index (Phi) is 15.9. The van der Waals surface area contributed by atoms with Crippen LogP contribution in [0.4, 0.5) is 10.1 Å². The number of thioether (sulfide) groups is 1. The number of amides is 1. The van der Waals surface area contributed by atoms with Crippen LogP contribution in [0.5, 0.6) is 0 Å². The minimum atomic E-state index is -4.10. The Balaban J connectivity index is 0.000000231. The van der Waals surface area contributed by atoms with Gasteiger partial charge >= 0.3 is 24.4 Å². The van der Waals surface area contributed by atoms with Crippen molar-refractivity contribution in [3.05, 3.63) is 72.3 Å². The van der Waals surface area contributed by atoms with Crippen molar-refractivity contribution in [2.75, 3.05) is 32.3 Å². The van der Waals surface area contributed by atoms with Crippen LogP contribution in [-0.2, 0) is 48.2 Å². The second-order valence-electron chi connectivity index (χ2n) is 11.5. The smallest absolute Gasteiger partial charge is 0.339 e. The molecule has 0 atom stereocenters. The van der Waals surface area contributed by atoms with Crippen LogP contribution < -0.4 is 15.0 Å². The van der Waals surface area contributed by atoms with Crippen LogP contribution in [0.3, 0.4) is 0 Å². The van der Waals surface area contributed by atoms with Crippen LogP contribution in [0, 0.1) is 11.2 Å². The van der Waals surface area contributed by atoms with Crippen molar-refractivity contribution >= 4 is 77.4 Å². The Bertz CT molecular complexity index is 1900. The van der Waals surface area contributed by atoms with Gasteiger partial charge in [0.2, 0.25) is 4.80 Å². The molecule has 2 aliphatic heterocycles. The van der Waals surface area contributed by atoms with Gasteiger partial charge in [-0.2, -0.15) is 0 Å². The van der Waals surface area contributed by atoms with Crippen LogP contribution in [0.2, 0.25) is 10.0 Å². The standard InChI is InChI=1S/C15H15ClFN3O3S2.C12H14ClNO2.C3H8NO5P/c1-23-13(21)8-24-12-7-11(10(17)6-9(12)16)18-14-19-4-2-3-5-20(19)15(22)25-14;1-12(2)8-16-14(11(12)15)7-9-5-3-4-6-10(9)13;5-3(6)1-4-2-10(7,8)9/h6-7H,2-5,8H2,1H3;3-6H,7-8H2,1-2H3;4H,1-2H2,(H,5,6)(H2,7,8,9). The number of fused-ring (bicyclic) bond motifs is 1. The fourth-order valence-electron chi connectivity index (χ4n) is 4.34. The summed E-state index contributed by atoms with van der Waals surface area (Å²) in [5.41, 5.74) is 0.552. The molecule has 3 aromatic rings. The molecule has 4 N–H and O–H groups in total. The maximum Gasteiger partial charge on any atom is 0.339 e. The molecule has 2 aliphatic rings. The molecule has 0 aliphatic carbocycles. The van der Waals surface area contributed by atoms with E-state index in [1.807, 2.05) is 38.1 Å². The van der Waals surface area contributed by atoms with Crippen molar-refractivity contribution in [2.24, 2.45) is 10.4 Å². The van der Waals surface area contributed by atoms with Gasteiger partial charge in [-0.05, 0) is 61.8 Å². The van der Waals surface area contributed by atoms with E-state index in [0.29, 0.717) is 41.0 Å². The molecule has 5 rings (SSSR count). The molecule has 0 bridgehead atoms. The number of aliphatic carboxylic acids is 1. The summed E-state index contributed by atoms with van der Waals surface area (Å²) in [7, 11) is -2.80. The van der Waals surface area contributed by atoms with Crippen molar-refractivity contribution in [3.63, 3.8) is 0 Å². The van der Waals surface area contributed by atoms with E-state index in [1.54, 1.807) is 9.36 Å². The van der Waals surface area contributed by atoms with Crippen molar-refractivity contribution < 1.29 is 47.8 Å². The number of benzene rings is 2. The summed E-state index contributed by atoms with van der Waals surface area (Å²) in [6.45, 7) is 5.47. The third kappa shape index (κ3) is 13.1. The number of methoxy groups -OCH3 is 1. The molecule has 1 fully saturated rings. The van der Waals surface area contributed by atoms with Crippen molar-refractivity contribution in [1.82, 2.24) is 19.7 Å². The molecular formula is C30H37Cl2FN5O10PS2. The monoisotopic (exact) mass is 811 g/mol. The van der Waals surface area contributed by atoms with Crippen molar-refractivity contribution in [2.45, 2.75) is 51.2 Å². The molecule has 0 unspecified atom stereocenters. The van der Waals surface area contributed by atoms with E-state index in [0.717, 1.165) is 47.6 Å². The summed E-state index contributed by atoms with van der Waals surface area (Å²) in [6, 6.07) is 10.1. The molecule has 21 heteroatoms. The average molecular weight is 813 g/mol. The number of aromatic nitrogens is 2. The highest BCUT2D eigenvalue weighted by molar-refractivity contribution is 8.00. The van der Waals surface area contributed by atoms with Gasteiger partial charge in [0.05, 0.1) is 49.3 Å². The predicted molar refractivity (Wildman–Crippen MR) is 189 cm³/mol. The number of carbonyl (C=O) groups excluding carboxylic acids is 2. The lowest BCUT2D eigenvalue weighted by Crippen LogP contribution is -2.31. The van der Waals surface area contributed by atoms with Crippen LogP contribution >= 0.6 is 53.9 Å². The van der Waals surface area contributed by atoms with Crippen LogP contribution in [-0.4, -0.2) is 79.5 Å². The summed E-state index contributed by atoms with van der Waals surface area (Å²) >= 11 is 14.2. The Morgan fingerprint density at radius 3 is 2.39 bits per heavy atom. The number of ether oxygens (including phenoxy) is 1. The van der Waals surface area contributed by atoms with E-state index in [1.165, 1.54) is 18.2 Å². The zero-order valence-electron chi connectivity index (χ0n) is 27.7. The van der Waals surface area contributed by atoms with Gasteiger partial charge in [-0.15, -0.1) is 11.8 Å². The number of carboxylic acids is 1. The van der Waals surface area contributed by atoms with Crippen molar-refractivity contribution in [1.29, 1.82) is 0 Å². The first-order valence-corrected chi connectivity index (χ1v) is 19.5. The van der Waals surface area contributed by atoms with E-state index in [-0.39, 0.29) is 27.2 Å². The molecule has 280 valence electrons. The van der Waals surface area contributed by atoms with E-state index < -0.39 is 43.6 Å². The van der Waals surface area contributed by atoms with E-state index >= 15 is 0 Å². The topological polar surface area (TPSA) is 202 Å². The lowest BCUT2D eigenvalue weighted by molar-refractivity contribution is -0.165. The number of carboxylic acid groups (broad SMARTS) is 1. The third-order valence-corrected chi connectivity index (χ3v) is 10.3. The number of carbonyl (C=O) groups is 3. The SMILES string of the molecule is CC1(C)CON(Cc2ccccc2Cl)C1=O.COC(=O)CSc1cc(N=c2sc(=O)n3n2CCCC3)c(F)cc1Cl.O=C(O)CNCP(=O)(O)O. The molecule has 0 radical (unpaired) electrons. The van der Waals surface area contributed by atoms with Gasteiger partial charge in [0.1, 0.15) is 11.5 Å². The van der Waals surface area contributed by atoms with Gasteiger partial charge in [-0.3, -0.25) is 38.6 Å². The molecule has 51 heavy (non-hydrogen) atoms. The van der Waals surface area contributed by atoms with E-state index in [2.05, 4.69) is 15.0 Å². The molecule has 1 saturated heterocycles. The number of esters is 1. The molecule has 15 nitrogen and oxygen atoms in total. The first kappa shape index (κ1) is 42.4. The minimum Gasteiger partial charge on any atom is -0.480 e. The number of halogens is 3. The number of hydroxylamine groups is 2. The molecule has 0 saturated carbocycles. The van der Waals surface area contributed by atoms with Crippen molar-refractivity contribution in [3.8, 4) is 0 Å². The summed E-state index contributed by atoms with van der Waals surface area (Å²) < 4.78 is 32.3. The Hall–Kier alpha value is -3.06. The average Bonchev–Trinajstić information content (AvgIpc) is 3.51. The molecular weight excluding hydrogens is 775 g/mol. The fraction of sp³-hybridized carbons (Fsp3) is 0.433. The van der Waals surface area contributed by atoms with Gasteiger partial charge in [0.15, 0.2) is 0 Å². The van der Waals surface area contributed by atoms with Gasteiger partial charge in [-0.1, -0.05) is 41.4 Å². The predicted octanol–water partition coefficient (Wildman–Crippen LogP) is 4.23. The fourth-order valence-corrected chi connectivity index (χ4v) is 6.92. The highest BCUT2D eigenvalue weighted by Gasteiger charge is 2.40. The lowest BCUT2D eigenvalue weighted by Gasteiger charge is -2.16. The zero-order chi connectivity index (χ0) is 37.9. The molecule has 2 aromatic carbocycles.